The highest BCUT2D eigenvalue weighted by molar-refractivity contribution is 14.1. The fourth-order valence-electron chi connectivity index (χ4n) is 2.53. The molecule has 1 aliphatic heterocycles. The van der Waals surface area contributed by atoms with Gasteiger partial charge in [-0.2, -0.15) is 0 Å². The Morgan fingerprint density at radius 3 is 2.75 bits per heavy atom. The fraction of sp³-hybridized carbons (Fsp3) is 0.750. The van der Waals surface area contributed by atoms with E-state index in [1.807, 2.05) is 22.6 Å². The van der Waals surface area contributed by atoms with Gasteiger partial charge in [0.15, 0.2) is 8.32 Å². The van der Waals surface area contributed by atoms with Gasteiger partial charge in [0.25, 0.3) is 5.56 Å². The summed E-state index contributed by atoms with van der Waals surface area (Å²) >= 11 is 1.86. The molecule has 1 aromatic rings. The maximum absolute atomic E-state index is 12.2. The van der Waals surface area contributed by atoms with E-state index in [1.54, 1.807) is 0 Å². The van der Waals surface area contributed by atoms with Crippen molar-refractivity contribution in [2.45, 2.75) is 63.8 Å². The molecule has 3 atom stereocenters. The van der Waals surface area contributed by atoms with Gasteiger partial charge in [0.05, 0.1) is 16.3 Å². The van der Waals surface area contributed by atoms with Crippen molar-refractivity contribution in [1.82, 2.24) is 9.55 Å². The molecule has 1 N–H and O–H groups in total. The second-order valence-corrected chi connectivity index (χ2v) is 14.1. The SMILES string of the molecule is CC(C)(C)[Si](C)(C)OC[C@H]1O[C@@H](n2cc(I)c(=O)[nH]c2=O)CC1OCN=[N+]=[N-]. The summed E-state index contributed by atoms with van der Waals surface area (Å²) < 4.78 is 19.7. The Balaban J connectivity index is 2.20. The van der Waals surface area contributed by atoms with Crippen molar-refractivity contribution in [1.29, 1.82) is 0 Å². The Morgan fingerprint density at radius 1 is 1.46 bits per heavy atom. The Kier molecular flexibility index (Phi) is 7.50. The molecule has 1 fully saturated rings. The number of halogens is 1. The van der Waals surface area contributed by atoms with E-state index in [0.717, 1.165) is 0 Å². The van der Waals surface area contributed by atoms with E-state index < -0.39 is 38.0 Å². The maximum atomic E-state index is 12.2. The number of rotatable bonds is 7. The van der Waals surface area contributed by atoms with Crippen LogP contribution in [0.2, 0.25) is 18.1 Å². The van der Waals surface area contributed by atoms with Crippen LogP contribution >= 0.6 is 22.6 Å². The van der Waals surface area contributed by atoms with Crippen LogP contribution in [0.1, 0.15) is 33.4 Å². The number of hydrogen-bond donors (Lipinski definition) is 1. The molecule has 1 saturated heterocycles. The first-order chi connectivity index (χ1) is 13.0. The predicted octanol–water partition coefficient (Wildman–Crippen LogP) is 3.10. The molecule has 0 aliphatic carbocycles. The Bertz CT molecular complexity index is 858. The molecule has 156 valence electrons. The number of nitrogens with zero attached hydrogens (tertiary/aromatic N) is 4. The van der Waals surface area contributed by atoms with E-state index in [1.165, 1.54) is 10.8 Å². The Hall–Kier alpha value is -1.18. The van der Waals surface area contributed by atoms with Crippen LogP contribution in [0.5, 0.6) is 0 Å². The highest BCUT2D eigenvalue weighted by atomic mass is 127. The topological polar surface area (TPSA) is 131 Å². The second-order valence-electron chi connectivity index (χ2n) is 8.14. The molecule has 2 rings (SSSR count). The van der Waals surface area contributed by atoms with Crippen LogP contribution in [-0.4, -0.2) is 43.4 Å². The number of H-pyrrole nitrogens is 1. The molecule has 0 saturated carbocycles. The average molecular weight is 523 g/mol. The minimum Gasteiger partial charge on any atom is -0.414 e. The van der Waals surface area contributed by atoms with Crippen LogP contribution in [0.3, 0.4) is 0 Å². The average Bonchev–Trinajstić information content (AvgIpc) is 2.98. The Labute approximate surface area is 177 Å². The minimum absolute atomic E-state index is 0.0401. The van der Waals surface area contributed by atoms with Crippen molar-refractivity contribution in [3.8, 4) is 0 Å². The number of hydrogen-bond acceptors (Lipinski definition) is 6. The van der Waals surface area contributed by atoms with Crippen LogP contribution in [0.15, 0.2) is 20.9 Å². The van der Waals surface area contributed by atoms with Crippen molar-refractivity contribution in [2.75, 3.05) is 13.3 Å². The van der Waals surface area contributed by atoms with Crippen molar-refractivity contribution in [3.63, 3.8) is 0 Å². The van der Waals surface area contributed by atoms with Crippen LogP contribution in [0.4, 0.5) is 0 Å². The zero-order valence-corrected chi connectivity index (χ0v) is 19.8. The summed E-state index contributed by atoms with van der Waals surface area (Å²) in [5.41, 5.74) is 7.49. The summed E-state index contributed by atoms with van der Waals surface area (Å²) in [6, 6.07) is 0. The fourth-order valence-corrected chi connectivity index (χ4v) is 3.98. The smallest absolute Gasteiger partial charge is 0.330 e. The van der Waals surface area contributed by atoms with E-state index >= 15 is 0 Å². The van der Waals surface area contributed by atoms with Gasteiger partial charge in [-0.3, -0.25) is 14.3 Å². The molecular formula is C16H26IN5O5Si. The van der Waals surface area contributed by atoms with Gasteiger partial charge in [0, 0.05) is 17.5 Å². The van der Waals surface area contributed by atoms with E-state index in [9.17, 15) is 9.59 Å². The largest absolute Gasteiger partial charge is 0.414 e. The normalized spacial score (nSPS) is 22.9. The molecule has 1 unspecified atom stereocenters. The molecule has 28 heavy (non-hydrogen) atoms. The van der Waals surface area contributed by atoms with Crippen molar-refractivity contribution >= 4 is 30.9 Å². The monoisotopic (exact) mass is 523 g/mol. The third-order valence-corrected chi connectivity index (χ3v) is 10.5. The van der Waals surface area contributed by atoms with Crippen LogP contribution in [-0.2, 0) is 13.9 Å². The van der Waals surface area contributed by atoms with Gasteiger partial charge < -0.3 is 13.9 Å². The summed E-state index contributed by atoms with van der Waals surface area (Å²) in [4.78, 5) is 28.8. The van der Waals surface area contributed by atoms with Gasteiger partial charge >= 0.3 is 5.69 Å². The second kappa shape index (κ2) is 9.09. The van der Waals surface area contributed by atoms with Crippen LogP contribution in [0.25, 0.3) is 10.4 Å². The number of ether oxygens (including phenoxy) is 2. The molecule has 1 aromatic heterocycles. The lowest BCUT2D eigenvalue weighted by Crippen LogP contribution is -2.44. The van der Waals surface area contributed by atoms with Gasteiger partial charge in [-0.15, -0.1) is 0 Å². The summed E-state index contributed by atoms with van der Waals surface area (Å²) in [6.45, 7) is 10.9. The molecule has 0 bridgehead atoms. The molecule has 10 nitrogen and oxygen atoms in total. The number of nitrogens with one attached hydrogen (secondary N) is 1. The van der Waals surface area contributed by atoms with Gasteiger partial charge in [0.1, 0.15) is 19.1 Å². The number of aromatic amines is 1. The van der Waals surface area contributed by atoms with Gasteiger partial charge in [0.2, 0.25) is 0 Å². The molecule has 2 heterocycles. The molecule has 0 radical (unpaired) electrons. The highest BCUT2D eigenvalue weighted by Gasteiger charge is 2.42. The summed E-state index contributed by atoms with van der Waals surface area (Å²) in [5.74, 6) is 0. The van der Waals surface area contributed by atoms with Crippen molar-refractivity contribution in [2.24, 2.45) is 5.11 Å². The number of azide groups is 1. The van der Waals surface area contributed by atoms with Crippen LogP contribution < -0.4 is 11.2 Å². The van der Waals surface area contributed by atoms with Crippen LogP contribution in [0, 0.1) is 3.57 Å². The number of aromatic nitrogens is 2. The first-order valence-corrected chi connectivity index (χ1v) is 12.9. The molecule has 0 aromatic carbocycles. The first kappa shape index (κ1) is 23.1. The summed E-state index contributed by atoms with van der Waals surface area (Å²) in [6.07, 6.45) is 0.394. The van der Waals surface area contributed by atoms with Gasteiger partial charge in [-0.25, -0.2) is 4.79 Å². The minimum atomic E-state index is -2.00. The molecule has 12 heteroatoms. The van der Waals surface area contributed by atoms with Crippen molar-refractivity contribution in [3.05, 3.63) is 41.0 Å². The Morgan fingerprint density at radius 2 is 2.14 bits per heavy atom. The zero-order valence-electron chi connectivity index (χ0n) is 16.6. The van der Waals surface area contributed by atoms with E-state index in [-0.39, 0.29) is 11.8 Å². The summed E-state index contributed by atoms with van der Waals surface area (Å²) in [5, 5.41) is 3.45. The van der Waals surface area contributed by atoms with E-state index in [2.05, 4.69) is 48.9 Å². The molecule has 1 aliphatic rings. The lowest BCUT2D eigenvalue weighted by atomic mass is 10.2. The quantitative estimate of drug-likeness (QED) is 0.193. The zero-order chi connectivity index (χ0) is 21.1. The van der Waals surface area contributed by atoms with Gasteiger partial charge in [-0.05, 0) is 46.3 Å². The summed E-state index contributed by atoms with van der Waals surface area (Å²) in [7, 11) is -2.00. The molecule has 0 spiro atoms. The van der Waals surface area contributed by atoms with Gasteiger partial charge in [-0.1, -0.05) is 25.9 Å². The predicted molar refractivity (Wildman–Crippen MR) is 115 cm³/mol. The maximum Gasteiger partial charge on any atom is 0.330 e. The third kappa shape index (κ3) is 5.45. The first-order valence-electron chi connectivity index (χ1n) is 8.89. The highest BCUT2D eigenvalue weighted by Crippen LogP contribution is 2.38. The molecule has 0 amide bonds. The standard InChI is InChI=1S/C16H26IN5O5Si/c1-16(2,3)28(4,5)26-8-12-11(25-9-19-21-18)6-13(27-12)22-7-10(17)14(23)20-15(22)24/h7,11-13H,6,8-9H2,1-5H3,(H,20,23,24)/t11?,12-,13-/m1/s1. The lowest BCUT2D eigenvalue weighted by molar-refractivity contribution is -0.0588. The van der Waals surface area contributed by atoms with E-state index in [0.29, 0.717) is 16.6 Å². The van der Waals surface area contributed by atoms with Crippen molar-refractivity contribution < 1.29 is 13.9 Å². The van der Waals surface area contributed by atoms with E-state index in [4.69, 9.17) is 19.4 Å². The lowest BCUT2D eigenvalue weighted by Gasteiger charge is -2.37. The third-order valence-electron chi connectivity index (χ3n) is 5.24. The molecular weight excluding hydrogens is 497 g/mol.